The van der Waals surface area contributed by atoms with Gasteiger partial charge in [0.2, 0.25) is 5.91 Å². The maximum absolute atomic E-state index is 12.5. The number of rotatable bonds is 11. The van der Waals surface area contributed by atoms with E-state index in [0.29, 0.717) is 0 Å². The van der Waals surface area contributed by atoms with Crippen molar-refractivity contribution >= 4 is 23.8 Å². The van der Waals surface area contributed by atoms with Crippen molar-refractivity contribution in [3.05, 3.63) is 6.92 Å². The fraction of sp³-hybridized carbons (Fsp3) is 0.706. The third-order valence-corrected chi connectivity index (χ3v) is 3.32. The van der Waals surface area contributed by atoms with Crippen LogP contribution in [0.4, 0.5) is 0 Å². The number of nitrogens with one attached hydrogen (secondary N) is 2. The molecule has 0 rings (SSSR count). The summed E-state index contributed by atoms with van der Waals surface area (Å²) in [5, 5.41) is 5.12. The number of amides is 2. The molecular weight excluding hydrogens is 351 g/mol. The van der Waals surface area contributed by atoms with Gasteiger partial charge in [0.25, 0.3) is 0 Å². The quantitative estimate of drug-likeness (QED) is 0.238. The molecule has 0 fully saturated rings. The van der Waals surface area contributed by atoms with Gasteiger partial charge in [0.15, 0.2) is 5.91 Å². The summed E-state index contributed by atoms with van der Waals surface area (Å²) < 4.78 is 9.76. The maximum atomic E-state index is 12.5. The zero-order chi connectivity index (χ0) is 19.4. The van der Waals surface area contributed by atoms with E-state index in [9.17, 15) is 19.2 Å². The minimum atomic E-state index is -0.991. The largest absolute Gasteiger partial charge is 1.00 e. The van der Waals surface area contributed by atoms with Gasteiger partial charge in [-0.3, -0.25) is 14.4 Å². The fourth-order valence-corrected chi connectivity index (χ4v) is 2.03. The van der Waals surface area contributed by atoms with Crippen molar-refractivity contribution in [3.8, 4) is 0 Å². The fourth-order valence-electron chi connectivity index (χ4n) is 2.03. The number of hydrogen-bond acceptors (Lipinski definition) is 6. The standard InChI is InChI=1S/C17H29N2O6.Na/c1-6-13(20)19-15(11(4)5)16(22)18-12(17(23)25-8-3)9-10-14(21)24-7-2;/h11-12,15H,1,6-10H2,2-5H3,(H,18,22)(H,19,20);/q-1;+1/t12-,15+;/m1./s1. The van der Waals surface area contributed by atoms with Crippen LogP contribution in [0.5, 0.6) is 0 Å². The molecule has 0 saturated carbocycles. The third kappa shape index (κ3) is 10.8. The Kier molecular flexibility index (Phi) is 15.6. The van der Waals surface area contributed by atoms with Crippen LogP contribution in [0, 0.1) is 12.8 Å². The van der Waals surface area contributed by atoms with Crippen LogP contribution >= 0.6 is 0 Å². The predicted octanol–water partition coefficient (Wildman–Crippen LogP) is -2.25. The maximum Gasteiger partial charge on any atom is 1.00 e. The number of carbonyl (C=O) groups excluding carboxylic acids is 4. The molecule has 26 heavy (non-hydrogen) atoms. The molecule has 9 heteroatoms. The summed E-state index contributed by atoms with van der Waals surface area (Å²) in [4.78, 5) is 47.5. The van der Waals surface area contributed by atoms with Crippen molar-refractivity contribution in [2.45, 2.75) is 59.0 Å². The molecule has 0 bridgehead atoms. The molecule has 0 saturated heterocycles. The number of esters is 2. The first kappa shape index (κ1) is 27.1. The molecular formula is C17H29N2NaO6. The molecule has 0 aromatic carbocycles. The third-order valence-electron chi connectivity index (χ3n) is 3.32. The van der Waals surface area contributed by atoms with Gasteiger partial charge in [-0.1, -0.05) is 13.8 Å². The van der Waals surface area contributed by atoms with Crippen molar-refractivity contribution in [1.82, 2.24) is 10.6 Å². The Bertz CT molecular complexity index is 470. The zero-order valence-corrected chi connectivity index (χ0v) is 18.4. The van der Waals surface area contributed by atoms with Crippen molar-refractivity contribution in [2.24, 2.45) is 5.92 Å². The Hall–Kier alpha value is -1.12. The molecule has 0 spiro atoms. The van der Waals surface area contributed by atoms with Crippen LogP contribution in [0.1, 0.15) is 47.0 Å². The van der Waals surface area contributed by atoms with E-state index < -0.39 is 29.9 Å². The van der Waals surface area contributed by atoms with Crippen LogP contribution in [0.3, 0.4) is 0 Å². The number of ether oxygens (including phenoxy) is 2. The minimum absolute atomic E-state index is 0. The second-order valence-corrected chi connectivity index (χ2v) is 5.70. The summed E-state index contributed by atoms with van der Waals surface area (Å²) in [5.74, 6) is -2.17. The van der Waals surface area contributed by atoms with Crippen molar-refractivity contribution < 1.29 is 58.2 Å². The average Bonchev–Trinajstić information content (AvgIpc) is 2.55. The average molecular weight is 380 g/mol. The molecule has 2 N–H and O–H groups in total. The summed E-state index contributed by atoms with van der Waals surface area (Å²) in [5.41, 5.74) is 0. The monoisotopic (exact) mass is 380 g/mol. The van der Waals surface area contributed by atoms with Gasteiger partial charge in [0.1, 0.15) is 12.1 Å². The molecule has 0 aromatic rings. The van der Waals surface area contributed by atoms with Crippen LogP contribution in [0.15, 0.2) is 0 Å². The molecule has 0 radical (unpaired) electrons. The van der Waals surface area contributed by atoms with Crippen LogP contribution in [0.25, 0.3) is 0 Å². The van der Waals surface area contributed by atoms with Gasteiger partial charge in [-0.2, -0.15) is 0 Å². The van der Waals surface area contributed by atoms with E-state index in [1.165, 1.54) is 0 Å². The Morgan fingerprint density at radius 2 is 1.58 bits per heavy atom. The topological polar surface area (TPSA) is 111 Å². The van der Waals surface area contributed by atoms with E-state index in [1.54, 1.807) is 27.7 Å². The Balaban J connectivity index is 0. The van der Waals surface area contributed by atoms with Crippen LogP contribution in [-0.4, -0.2) is 49.1 Å². The first-order valence-corrected chi connectivity index (χ1v) is 8.47. The molecule has 0 aliphatic carbocycles. The van der Waals surface area contributed by atoms with Crippen molar-refractivity contribution in [3.63, 3.8) is 0 Å². The Morgan fingerprint density at radius 1 is 1.00 bits per heavy atom. The van der Waals surface area contributed by atoms with E-state index in [0.717, 1.165) is 0 Å². The summed E-state index contributed by atoms with van der Waals surface area (Å²) in [6, 6.07) is -1.80. The summed E-state index contributed by atoms with van der Waals surface area (Å²) in [6.07, 6.45) is 0.0212. The second-order valence-electron chi connectivity index (χ2n) is 5.70. The first-order chi connectivity index (χ1) is 11.8. The van der Waals surface area contributed by atoms with Crippen molar-refractivity contribution in [1.29, 1.82) is 0 Å². The Morgan fingerprint density at radius 3 is 2.04 bits per heavy atom. The molecule has 2 amide bonds. The zero-order valence-electron chi connectivity index (χ0n) is 16.4. The minimum Gasteiger partial charge on any atom is -0.466 e. The second kappa shape index (κ2) is 15.0. The van der Waals surface area contributed by atoms with E-state index in [-0.39, 0.29) is 73.9 Å². The van der Waals surface area contributed by atoms with Gasteiger partial charge in [-0.15, -0.1) is 6.42 Å². The summed E-state index contributed by atoms with van der Waals surface area (Å²) in [6.45, 7) is 10.7. The first-order valence-electron chi connectivity index (χ1n) is 8.47. The molecule has 0 aliphatic rings. The Labute approximate surface area is 177 Å². The van der Waals surface area contributed by atoms with Gasteiger partial charge >= 0.3 is 41.5 Å². The van der Waals surface area contributed by atoms with Crippen molar-refractivity contribution in [2.75, 3.05) is 13.2 Å². The number of carbonyl (C=O) groups is 4. The smallest absolute Gasteiger partial charge is 0.466 e. The van der Waals surface area contributed by atoms with Gasteiger partial charge in [-0.05, 0) is 26.2 Å². The summed E-state index contributed by atoms with van der Waals surface area (Å²) >= 11 is 0. The van der Waals surface area contributed by atoms with E-state index in [2.05, 4.69) is 17.6 Å². The molecule has 144 valence electrons. The molecule has 8 nitrogen and oxygen atoms in total. The van der Waals surface area contributed by atoms with Crippen LogP contribution in [-0.2, 0) is 28.7 Å². The van der Waals surface area contributed by atoms with E-state index in [1.807, 2.05) is 0 Å². The molecule has 0 aromatic heterocycles. The SMILES string of the molecule is [CH2-]CC(=O)N[C@H](C(=O)N[C@H](CCC(=O)OCC)C(=O)OCC)C(C)C.[Na+]. The van der Waals surface area contributed by atoms with Gasteiger partial charge in [-0.25, -0.2) is 4.79 Å². The van der Waals surface area contributed by atoms with Crippen LogP contribution in [0.2, 0.25) is 0 Å². The van der Waals surface area contributed by atoms with Gasteiger partial charge in [0, 0.05) is 6.42 Å². The van der Waals surface area contributed by atoms with E-state index in [4.69, 9.17) is 9.47 Å². The molecule has 2 atom stereocenters. The predicted molar refractivity (Wildman–Crippen MR) is 91.2 cm³/mol. The number of hydrogen-bond donors (Lipinski definition) is 2. The molecule has 0 heterocycles. The summed E-state index contributed by atoms with van der Waals surface area (Å²) in [7, 11) is 0. The van der Waals surface area contributed by atoms with Gasteiger partial charge < -0.3 is 27.0 Å². The van der Waals surface area contributed by atoms with E-state index >= 15 is 0 Å². The molecule has 0 unspecified atom stereocenters. The molecule has 0 aliphatic heterocycles. The normalized spacial score (nSPS) is 12.4. The van der Waals surface area contributed by atoms with Crippen LogP contribution < -0.4 is 40.2 Å². The van der Waals surface area contributed by atoms with Gasteiger partial charge in [0.05, 0.1) is 13.2 Å².